The zero-order chi connectivity index (χ0) is 13.5. The molecule has 0 aliphatic carbocycles. The van der Waals surface area contributed by atoms with E-state index in [1.54, 1.807) is 19.1 Å². The summed E-state index contributed by atoms with van der Waals surface area (Å²) in [7, 11) is 3.42. The molecule has 1 amide bonds. The van der Waals surface area contributed by atoms with Gasteiger partial charge >= 0.3 is 0 Å². The first kappa shape index (κ1) is 14.5. The second kappa shape index (κ2) is 7.01. The minimum absolute atomic E-state index is 0.105. The number of rotatable bonds is 6. The van der Waals surface area contributed by atoms with Gasteiger partial charge in [-0.1, -0.05) is 13.8 Å². The van der Waals surface area contributed by atoms with Gasteiger partial charge in [-0.15, -0.1) is 0 Å². The highest BCUT2D eigenvalue weighted by Gasteiger charge is 2.10. The molecule has 1 aromatic rings. The monoisotopic (exact) mass is 250 g/mol. The Morgan fingerprint density at radius 3 is 2.44 bits per heavy atom. The van der Waals surface area contributed by atoms with Crippen LogP contribution in [0.15, 0.2) is 24.3 Å². The predicted octanol–water partition coefficient (Wildman–Crippen LogP) is 2.05. The summed E-state index contributed by atoms with van der Waals surface area (Å²) in [5, 5.41) is 3.23. The van der Waals surface area contributed by atoms with Crippen molar-refractivity contribution in [1.29, 1.82) is 0 Å². The summed E-state index contributed by atoms with van der Waals surface area (Å²) in [5.41, 5.74) is 0.880. The Kier molecular flexibility index (Phi) is 5.65. The Labute approximate surface area is 109 Å². The number of nitrogens with zero attached hydrogens (tertiary/aromatic N) is 1. The third-order valence-electron chi connectivity index (χ3n) is 2.73. The number of benzene rings is 1. The molecule has 0 bridgehead atoms. The number of hydrogen-bond donors (Lipinski definition) is 1. The third-order valence-corrected chi connectivity index (χ3v) is 2.73. The van der Waals surface area contributed by atoms with Crippen molar-refractivity contribution in [3.8, 4) is 5.75 Å². The highest BCUT2D eigenvalue weighted by Crippen LogP contribution is 2.18. The van der Waals surface area contributed by atoms with Gasteiger partial charge in [-0.05, 0) is 24.3 Å². The molecule has 0 aliphatic heterocycles. The first-order valence-corrected chi connectivity index (χ1v) is 6.18. The Hall–Kier alpha value is -1.55. The maximum absolute atomic E-state index is 11.9. The maximum atomic E-state index is 11.9. The van der Waals surface area contributed by atoms with Gasteiger partial charge in [0.1, 0.15) is 5.75 Å². The number of carbonyl (C=O) groups excluding carboxylic acids is 1. The lowest BCUT2D eigenvalue weighted by Gasteiger charge is -2.18. The van der Waals surface area contributed by atoms with Crippen LogP contribution in [-0.4, -0.2) is 32.7 Å². The Morgan fingerprint density at radius 1 is 1.33 bits per heavy atom. The fourth-order valence-electron chi connectivity index (χ4n) is 1.59. The summed E-state index contributed by atoms with van der Waals surface area (Å²) < 4.78 is 5.09. The minimum atomic E-state index is 0.105. The molecule has 4 nitrogen and oxygen atoms in total. The molecule has 0 aliphatic rings. The minimum Gasteiger partial charge on any atom is -0.497 e. The summed E-state index contributed by atoms with van der Waals surface area (Å²) >= 11 is 0. The van der Waals surface area contributed by atoms with Gasteiger partial charge in [-0.25, -0.2) is 0 Å². The van der Waals surface area contributed by atoms with Crippen molar-refractivity contribution in [2.75, 3.05) is 25.6 Å². The zero-order valence-corrected chi connectivity index (χ0v) is 11.6. The molecule has 4 heteroatoms. The summed E-state index contributed by atoms with van der Waals surface area (Å²) in [6.45, 7) is 4.84. The number of amides is 1. The van der Waals surface area contributed by atoms with Crippen LogP contribution in [0.1, 0.15) is 20.3 Å². The van der Waals surface area contributed by atoms with E-state index >= 15 is 0 Å². The molecule has 0 unspecified atom stereocenters. The molecule has 0 fully saturated rings. The van der Waals surface area contributed by atoms with Crippen LogP contribution in [0.25, 0.3) is 0 Å². The van der Waals surface area contributed by atoms with Crippen LogP contribution in [0, 0.1) is 0 Å². The van der Waals surface area contributed by atoms with Crippen LogP contribution in [0.5, 0.6) is 5.75 Å². The largest absolute Gasteiger partial charge is 0.497 e. The fraction of sp³-hybridized carbons (Fsp3) is 0.500. The van der Waals surface area contributed by atoms with Crippen molar-refractivity contribution in [2.24, 2.45) is 0 Å². The molecular formula is C14H22N2O2. The molecule has 1 aromatic carbocycles. The number of anilines is 1. The van der Waals surface area contributed by atoms with E-state index in [1.165, 1.54) is 0 Å². The van der Waals surface area contributed by atoms with Crippen LogP contribution >= 0.6 is 0 Å². The first-order chi connectivity index (χ1) is 8.54. The normalized spacial score (nSPS) is 10.5. The van der Waals surface area contributed by atoms with Crippen molar-refractivity contribution in [1.82, 2.24) is 5.32 Å². The van der Waals surface area contributed by atoms with Gasteiger partial charge in [0.25, 0.3) is 0 Å². The molecule has 0 heterocycles. The van der Waals surface area contributed by atoms with Crippen molar-refractivity contribution in [3.63, 3.8) is 0 Å². The van der Waals surface area contributed by atoms with Crippen molar-refractivity contribution < 1.29 is 9.53 Å². The van der Waals surface area contributed by atoms with E-state index in [9.17, 15) is 4.79 Å². The zero-order valence-electron chi connectivity index (χ0n) is 11.6. The van der Waals surface area contributed by atoms with Crippen LogP contribution < -0.4 is 15.0 Å². The van der Waals surface area contributed by atoms with E-state index in [-0.39, 0.29) is 5.91 Å². The van der Waals surface area contributed by atoms with Crippen LogP contribution in [-0.2, 0) is 4.79 Å². The van der Waals surface area contributed by atoms with Crippen LogP contribution in [0.3, 0.4) is 0 Å². The van der Waals surface area contributed by atoms with E-state index in [2.05, 4.69) is 19.2 Å². The van der Waals surface area contributed by atoms with E-state index < -0.39 is 0 Å². The molecule has 100 valence electrons. The average molecular weight is 250 g/mol. The fourth-order valence-corrected chi connectivity index (χ4v) is 1.59. The van der Waals surface area contributed by atoms with Crippen LogP contribution in [0.4, 0.5) is 5.69 Å². The Balaban J connectivity index is 2.51. The molecule has 0 radical (unpaired) electrons. The van der Waals surface area contributed by atoms with E-state index in [1.807, 2.05) is 24.3 Å². The summed E-state index contributed by atoms with van der Waals surface area (Å²) in [6, 6.07) is 7.87. The van der Waals surface area contributed by atoms with E-state index in [0.717, 1.165) is 11.4 Å². The van der Waals surface area contributed by atoms with Gasteiger partial charge in [0.2, 0.25) is 5.91 Å². The van der Waals surface area contributed by atoms with E-state index in [0.29, 0.717) is 19.0 Å². The van der Waals surface area contributed by atoms with Gasteiger partial charge in [-0.3, -0.25) is 4.79 Å². The smallest absolute Gasteiger partial charge is 0.227 e. The third kappa shape index (κ3) is 4.37. The van der Waals surface area contributed by atoms with E-state index in [4.69, 9.17) is 4.74 Å². The Morgan fingerprint density at radius 2 is 1.94 bits per heavy atom. The highest BCUT2D eigenvalue weighted by atomic mass is 16.5. The lowest BCUT2D eigenvalue weighted by atomic mass is 10.2. The topological polar surface area (TPSA) is 41.6 Å². The molecule has 0 saturated carbocycles. The highest BCUT2D eigenvalue weighted by molar-refractivity contribution is 5.92. The predicted molar refractivity (Wildman–Crippen MR) is 74.2 cm³/mol. The first-order valence-electron chi connectivity index (χ1n) is 6.18. The average Bonchev–Trinajstić information content (AvgIpc) is 2.37. The molecule has 0 aromatic heterocycles. The quantitative estimate of drug-likeness (QED) is 0.840. The standard InChI is InChI=1S/C14H22N2O2/c1-11(2)15-10-9-14(17)16(3)12-5-7-13(18-4)8-6-12/h5-8,11,15H,9-10H2,1-4H3. The van der Waals surface area contributed by atoms with Gasteiger partial charge in [0, 0.05) is 31.7 Å². The lowest BCUT2D eigenvalue weighted by molar-refractivity contribution is -0.118. The van der Waals surface area contributed by atoms with Gasteiger partial charge in [-0.2, -0.15) is 0 Å². The second-order valence-electron chi connectivity index (χ2n) is 4.51. The summed E-state index contributed by atoms with van der Waals surface area (Å²) in [5.74, 6) is 0.898. The van der Waals surface area contributed by atoms with Gasteiger partial charge < -0.3 is 15.0 Å². The van der Waals surface area contributed by atoms with Gasteiger partial charge in [0.15, 0.2) is 0 Å². The molecule has 0 spiro atoms. The lowest BCUT2D eigenvalue weighted by Crippen LogP contribution is -2.31. The second-order valence-corrected chi connectivity index (χ2v) is 4.51. The molecule has 0 saturated heterocycles. The summed E-state index contributed by atoms with van der Waals surface area (Å²) in [4.78, 5) is 13.6. The molecule has 1 N–H and O–H groups in total. The number of carbonyl (C=O) groups is 1. The van der Waals surface area contributed by atoms with Crippen molar-refractivity contribution in [2.45, 2.75) is 26.3 Å². The maximum Gasteiger partial charge on any atom is 0.227 e. The Bertz CT molecular complexity index is 374. The summed E-state index contributed by atoms with van der Waals surface area (Å²) in [6.07, 6.45) is 0.501. The molecule has 0 atom stereocenters. The SMILES string of the molecule is COc1ccc(N(C)C(=O)CCNC(C)C)cc1. The number of hydrogen-bond acceptors (Lipinski definition) is 3. The van der Waals surface area contributed by atoms with Crippen molar-refractivity contribution in [3.05, 3.63) is 24.3 Å². The number of nitrogens with one attached hydrogen (secondary N) is 1. The van der Waals surface area contributed by atoms with Gasteiger partial charge in [0.05, 0.1) is 7.11 Å². The molecule has 18 heavy (non-hydrogen) atoms. The number of methoxy groups -OCH3 is 1. The number of ether oxygens (including phenoxy) is 1. The van der Waals surface area contributed by atoms with Crippen molar-refractivity contribution >= 4 is 11.6 Å². The molecular weight excluding hydrogens is 228 g/mol. The van der Waals surface area contributed by atoms with Crippen LogP contribution in [0.2, 0.25) is 0 Å². The molecule has 1 rings (SSSR count).